The molecule has 1 spiro atoms. The largest absolute Gasteiger partial charge is 0.489 e. The van der Waals surface area contributed by atoms with Crippen LogP contribution in [-0.4, -0.2) is 127 Å². The Morgan fingerprint density at radius 3 is 2.58 bits per heavy atom. The van der Waals surface area contributed by atoms with Crippen LogP contribution in [0, 0.1) is 15.5 Å². The Balaban J connectivity index is 0.848. The summed E-state index contributed by atoms with van der Waals surface area (Å²) in [6.45, 7) is 11.7. The minimum Gasteiger partial charge on any atom is -0.489 e. The highest BCUT2D eigenvalue weighted by molar-refractivity contribution is 7.90. The lowest BCUT2D eigenvalue weighted by Crippen LogP contribution is -2.55. The second-order valence-electron chi connectivity index (χ2n) is 19.2. The van der Waals surface area contributed by atoms with Gasteiger partial charge in [0.1, 0.15) is 18.0 Å². The maximum absolute atomic E-state index is 14.0. The fourth-order valence-electron chi connectivity index (χ4n) is 10.9. The molecule has 2 aromatic carbocycles. The highest BCUT2D eigenvalue weighted by atomic mass is 32.2. The minimum absolute atomic E-state index is 0.0131. The first-order valence-corrected chi connectivity index (χ1v) is 24.7. The standard InChI is InChI=1S/C48H58N10O7S/c1-31(2)38-7-4-5-8-39(38)40-9-6-14-57(40)35-25-48(26-35)11-15-56(16-12-48)34-22-43(65-36-21-32-10-13-49-46(32)51-28-36)45(50-27-34)47(59)53-66(62,63)37-23-41(58(60)61)44-42(24-37)64-30-33(52-44)29-55-19-17-54(3)18-20-55/h4-5,7-8,10,13,21-24,27-28,31,33,35,40,52H,6,9,11-12,14-20,25-26,29-30H2,1-3H3,(H,49,51)(H,53,59)/t33-,40-/m0/s1. The number of benzene rings is 2. The molecule has 1 amide bonds. The molecule has 0 bridgehead atoms. The zero-order chi connectivity index (χ0) is 45.7. The maximum Gasteiger partial charge on any atom is 0.297 e. The predicted molar refractivity (Wildman–Crippen MR) is 251 cm³/mol. The molecule has 2 atom stereocenters. The van der Waals surface area contributed by atoms with Crippen molar-refractivity contribution in [3.05, 3.63) is 100 Å². The van der Waals surface area contributed by atoms with Crippen molar-refractivity contribution in [2.45, 2.75) is 81.3 Å². The summed E-state index contributed by atoms with van der Waals surface area (Å²) < 4.78 is 42.2. The Labute approximate surface area is 385 Å². The Morgan fingerprint density at radius 1 is 1.02 bits per heavy atom. The number of likely N-dealkylation sites (N-methyl/N-ethyl adjacent to an activating group) is 1. The van der Waals surface area contributed by atoms with Crippen LogP contribution in [0.1, 0.15) is 85.9 Å². The molecular weight excluding hydrogens is 861 g/mol. The van der Waals surface area contributed by atoms with Crippen LogP contribution in [-0.2, 0) is 10.0 Å². The highest BCUT2D eigenvalue weighted by Crippen LogP contribution is 2.54. The number of likely N-dealkylation sites (tertiary alicyclic amines) is 1. The number of nitro benzene ring substituents is 1. The second kappa shape index (κ2) is 17.8. The van der Waals surface area contributed by atoms with Gasteiger partial charge in [-0.1, -0.05) is 38.1 Å². The number of hydrogen-bond donors (Lipinski definition) is 3. The fourth-order valence-corrected chi connectivity index (χ4v) is 11.9. The third-order valence-corrected chi connectivity index (χ3v) is 15.9. The number of nitro groups is 1. The molecular formula is C48H58N10O7S. The number of piperazine rings is 1. The van der Waals surface area contributed by atoms with E-state index in [1.54, 1.807) is 24.5 Å². The SMILES string of the molecule is CC(C)c1ccccc1[C@@H]1CCCN1C1CC2(CCN(c3cnc(C(=O)NS(=O)(=O)c4cc5c(c([N+](=O)[O-])c4)N[C@@H](CN4CCN(C)CC4)CO5)c(Oc4cnc5[nH]ccc5c4)c3)CC2)C1. The number of hydrogen-bond acceptors (Lipinski definition) is 14. The molecule has 0 unspecified atom stereocenters. The molecule has 3 aromatic heterocycles. The van der Waals surface area contributed by atoms with Gasteiger partial charge in [0.2, 0.25) is 0 Å². The van der Waals surface area contributed by atoms with Crippen molar-refractivity contribution in [2.75, 3.05) is 76.2 Å². The number of nitrogens with one attached hydrogen (secondary N) is 3. The minimum atomic E-state index is -4.68. The Morgan fingerprint density at radius 2 is 1.80 bits per heavy atom. The summed E-state index contributed by atoms with van der Waals surface area (Å²) >= 11 is 0. The van der Waals surface area contributed by atoms with E-state index in [2.05, 4.69) is 89.8 Å². The molecule has 4 fully saturated rings. The van der Waals surface area contributed by atoms with Crippen molar-refractivity contribution in [1.29, 1.82) is 0 Å². The Kier molecular flexibility index (Phi) is 11.9. The zero-order valence-corrected chi connectivity index (χ0v) is 38.6. The van der Waals surface area contributed by atoms with E-state index in [0.29, 0.717) is 35.9 Å². The first-order valence-electron chi connectivity index (χ1n) is 23.2. The van der Waals surface area contributed by atoms with Crippen molar-refractivity contribution >= 4 is 44.0 Å². The van der Waals surface area contributed by atoms with Gasteiger partial charge in [0, 0.05) is 87.7 Å². The number of ether oxygens (including phenoxy) is 2. The zero-order valence-electron chi connectivity index (χ0n) is 37.7. The molecule has 5 aromatic rings. The number of H-pyrrole nitrogens is 1. The summed E-state index contributed by atoms with van der Waals surface area (Å²) in [5.74, 6) is -0.193. The van der Waals surface area contributed by atoms with Gasteiger partial charge in [0.05, 0.1) is 33.9 Å². The van der Waals surface area contributed by atoms with Crippen molar-refractivity contribution in [2.24, 2.45) is 5.41 Å². The molecule has 3 N–H and O–H groups in total. The Hall–Kier alpha value is -5.82. The number of carbonyl (C=O) groups excluding carboxylic acids is 1. The van der Waals surface area contributed by atoms with Gasteiger partial charge < -0.3 is 29.6 Å². The topological polar surface area (TPSA) is 191 Å². The van der Waals surface area contributed by atoms with Crippen LogP contribution in [0.15, 0.2) is 78.1 Å². The number of aromatic amines is 1. The van der Waals surface area contributed by atoms with Gasteiger partial charge in [0.25, 0.3) is 21.6 Å². The van der Waals surface area contributed by atoms with E-state index in [9.17, 15) is 23.3 Å². The number of amides is 1. The first kappa shape index (κ1) is 44.0. The molecule has 10 rings (SSSR count). The van der Waals surface area contributed by atoms with Gasteiger partial charge >= 0.3 is 0 Å². The molecule has 0 radical (unpaired) electrons. The van der Waals surface area contributed by atoms with E-state index in [1.807, 2.05) is 6.07 Å². The predicted octanol–water partition coefficient (Wildman–Crippen LogP) is 6.91. The number of pyridine rings is 2. The van der Waals surface area contributed by atoms with Crippen LogP contribution in [0.5, 0.6) is 17.2 Å². The molecule has 66 heavy (non-hydrogen) atoms. The molecule has 4 aliphatic heterocycles. The van der Waals surface area contributed by atoms with E-state index in [4.69, 9.17) is 9.47 Å². The van der Waals surface area contributed by atoms with Gasteiger partial charge in [-0.3, -0.25) is 24.7 Å². The van der Waals surface area contributed by atoms with Gasteiger partial charge in [-0.15, -0.1) is 0 Å². The van der Waals surface area contributed by atoms with Crippen molar-refractivity contribution < 1.29 is 27.6 Å². The lowest BCUT2D eigenvalue weighted by atomic mass is 9.59. The van der Waals surface area contributed by atoms with Crippen molar-refractivity contribution in [3.63, 3.8) is 0 Å². The summed E-state index contributed by atoms with van der Waals surface area (Å²) in [6.07, 6.45) is 11.7. The van der Waals surface area contributed by atoms with E-state index in [-0.39, 0.29) is 40.9 Å². The number of aromatic nitrogens is 3. The molecule has 3 saturated heterocycles. The van der Waals surface area contributed by atoms with Crippen molar-refractivity contribution in [1.82, 2.24) is 34.4 Å². The third-order valence-electron chi connectivity index (χ3n) is 14.6. The number of anilines is 2. The summed E-state index contributed by atoms with van der Waals surface area (Å²) in [6, 6.07) is 17.3. The lowest BCUT2D eigenvalue weighted by Gasteiger charge is -2.56. The van der Waals surface area contributed by atoms with Gasteiger partial charge in [-0.2, -0.15) is 0 Å². The van der Waals surface area contributed by atoms with Crippen molar-refractivity contribution in [3.8, 4) is 17.2 Å². The van der Waals surface area contributed by atoms with Crippen LogP contribution in [0.25, 0.3) is 11.0 Å². The number of rotatable bonds is 12. The summed E-state index contributed by atoms with van der Waals surface area (Å²) in [7, 11) is -2.61. The Bertz CT molecular complexity index is 2740. The fraction of sp³-hybridized carbons (Fsp3) is 0.479. The number of piperidine rings is 1. The monoisotopic (exact) mass is 918 g/mol. The number of fused-ring (bicyclic) bond motifs is 2. The molecule has 5 aliphatic rings. The van der Waals surface area contributed by atoms with Gasteiger partial charge in [0.15, 0.2) is 22.9 Å². The average Bonchev–Trinajstić information content (AvgIpc) is 3.99. The smallest absolute Gasteiger partial charge is 0.297 e. The maximum atomic E-state index is 14.0. The number of carbonyl (C=O) groups is 1. The van der Waals surface area contributed by atoms with Crippen LogP contribution < -0.4 is 24.4 Å². The van der Waals surface area contributed by atoms with E-state index in [1.165, 1.54) is 49.1 Å². The molecule has 18 heteroatoms. The van der Waals surface area contributed by atoms with Crippen LogP contribution in [0.2, 0.25) is 0 Å². The molecule has 1 saturated carbocycles. The summed E-state index contributed by atoms with van der Waals surface area (Å²) in [5, 5.41) is 16.4. The second-order valence-corrected chi connectivity index (χ2v) is 20.9. The highest BCUT2D eigenvalue weighted by Gasteiger charge is 2.50. The molecule has 1 aliphatic carbocycles. The lowest BCUT2D eigenvalue weighted by molar-refractivity contribution is -0.384. The molecule has 7 heterocycles. The average molecular weight is 919 g/mol. The normalized spacial score (nSPS) is 21.6. The van der Waals surface area contributed by atoms with Crippen LogP contribution in [0.3, 0.4) is 0 Å². The van der Waals surface area contributed by atoms with Gasteiger partial charge in [-0.25, -0.2) is 23.1 Å². The number of nitrogens with zero attached hydrogens (tertiary/aromatic N) is 7. The third kappa shape index (κ3) is 8.78. The first-order chi connectivity index (χ1) is 31.8. The summed E-state index contributed by atoms with van der Waals surface area (Å²) in [4.78, 5) is 46.8. The van der Waals surface area contributed by atoms with Crippen LogP contribution in [0.4, 0.5) is 17.1 Å². The quantitative estimate of drug-likeness (QED) is 0.0865. The molecule has 348 valence electrons. The van der Waals surface area contributed by atoms with Gasteiger partial charge in [-0.05, 0) is 86.7 Å². The van der Waals surface area contributed by atoms with Crippen LogP contribution >= 0.6 is 0 Å². The van der Waals surface area contributed by atoms with E-state index in [0.717, 1.165) is 75.8 Å². The number of sulfonamides is 1. The van der Waals surface area contributed by atoms with E-state index >= 15 is 0 Å². The van der Waals surface area contributed by atoms with E-state index < -0.39 is 31.4 Å². The molecule has 17 nitrogen and oxygen atoms in total. The summed E-state index contributed by atoms with van der Waals surface area (Å²) in [5.41, 5.74) is 3.98.